The lowest BCUT2D eigenvalue weighted by Gasteiger charge is -1.80. The van der Waals surface area contributed by atoms with Gasteiger partial charge in [0.25, 0.3) is 0 Å². The van der Waals surface area contributed by atoms with E-state index in [1.807, 2.05) is 6.08 Å². The van der Waals surface area contributed by atoms with E-state index in [1.54, 1.807) is 6.08 Å². The summed E-state index contributed by atoms with van der Waals surface area (Å²) in [6.07, 6.45) is 3.65. The first kappa shape index (κ1) is 5.04. The number of hydrogen-bond donors (Lipinski definition) is 0. The van der Waals surface area contributed by atoms with Gasteiger partial charge in [-0.2, -0.15) is 0 Å². The highest BCUT2D eigenvalue weighted by molar-refractivity contribution is 5.96. The summed E-state index contributed by atoms with van der Waals surface area (Å²) in [5.41, 5.74) is 0. The van der Waals surface area contributed by atoms with Crippen molar-refractivity contribution in [3.8, 4) is 0 Å². The second-order valence-electron chi connectivity index (χ2n) is 2.85. The second-order valence-corrected chi connectivity index (χ2v) is 2.85. The molecule has 3 heteroatoms. The summed E-state index contributed by atoms with van der Waals surface area (Å²) < 4.78 is 10.3. The second kappa shape index (κ2) is 1.33. The first-order chi connectivity index (χ1) is 4.86. The molecule has 2 fully saturated rings. The average molecular weight is 138 g/mol. The zero-order valence-corrected chi connectivity index (χ0v) is 5.19. The Morgan fingerprint density at radius 2 is 2.20 bits per heavy atom. The van der Waals surface area contributed by atoms with E-state index in [-0.39, 0.29) is 30.2 Å². The molecule has 4 atom stereocenters. The van der Waals surface area contributed by atoms with Gasteiger partial charge in [0.05, 0.1) is 0 Å². The Bertz CT molecular complexity index is 233. The number of fused-ring (bicyclic) bond motifs is 3. The third-order valence-electron chi connectivity index (χ3n) is 2.14. The molecule has 0 N–H and O–H groups in total. The predicted molar refractivity (Wildman–Crippen MR) is 31.5 cm³/mol. The Labute approximate surface area is 57.6 Å². The van der Waals surface area contributed by atoms with E-state index in [0.717, 1.165) is 0 Å². The minimum atomic E-state index is -0.172. The molecule has 3 nitrogen and oxygen atoms in total. The first-order valence-electron chi connectivity index (χ1n) is 3.39. The Kier molecular flexibility index (Phi) is 0.672. The van der Waals surface area contributed by atoms with Crippen LogP contribution in [-0.4, -0.2) is 30.2 Å². The van der Waals surface area contributed by atoms with Crippen molar-refractivity contribution in [2.24, 2.45) is 0 Å². The molecule has 0 radical (unpaired) electrons. The number of hydrogen-bond acceptors (Lipinski definition) is 3. The fraction of sp³-hybridized carbons (Fsp3) is 0.571. The van der Waals surface area contributed by atoms with Crippen molar-refractivity contribution in [2.75, 3.05) is 0 Å². The van der Waals surface area contributed by atoms with Crippen LogP contribution < -0.4 is 0 Å². The number of ketones is 1. The van der Waals surface area contributed by atoms with Crippen LogP contribution in [0.2, 0.25) is 0 Å². The van der Waals surface area contributed by atoms with Crippen LogP contribution in [0.1, 0.15) is 0 Å². The zero-order valence-electron chi connectivity index (χ0n) is 5.19. The van der Waals surface area contributed by atoms with Crippen LogP contribution >= 0.6 is 0 Å². The highest BCUT2D eigenvalue weighted by Gasteiger charge is 2.60. The maximum atomic E-state index is 11.0. The lowest BCUT2D eigenvalue weighted by molar-refractivity contribution is -0.115. The van der Waals surface area contributed by atoms with Gasteiger partial charge in [-0.05, 0) is 12.2 Å². The molecule has 0 aromatic heterocycles. The minimum Gasteiger partial charge on any atom is -0.362 e. The van der Waals surface area contributed by atoms with Crippen molar-refractivity contribution in [1.82, 2.24) is 0 Å². The fourth-order valence-corrected chi connectivity index (χ4v) is 1.44. The van der Waals surface area contributed by atoms with Gasteiger partial charge in [-0.15, -0.1) is 0 Å². The van der Waals surface area contributed by atoms with Crippen LogP contribution in [0.15, 0.2) is 12.2 Å². The monoisotopic (exact) mass is 138 g/mol. The molecular formula is C7H6O3. The van der Waals surface area contributed by atoms with Crippen molar-refractivity contribution >= 4 is 5.78 Å². The van der Waals surface area contributed by atoms with Gasteiger partial charge in [-0.3, -0.25) is 4.79 Å². The van der Waals surface area contributed by atoms with E-state index in [2.05, 4.69) is 0 Å². The normalized spacial score (nSPS) is 55.0. The van der Waals surface area contributed by atoms with Gasteiger partial charge < -0.3 is 9.47 Å². The number of carbonyl (C=O) groups is 1. The lowest BCUT2D eigenvalue weighted by Crippen LogP contribution is -2.08. The van der Waals surface area contributed by atoms with E-state index in [4.69, 9.17) is 9.47 Å². The molecule has 0 bridgehead atoms. The molecule has 2 saturated heterocycles. The molecule has 2 aliphatic heterocycles. The molecule has 0 aromatic carbocycles. The number of epoxide rings is 2. The Balaban J connectivity index is 1.97. The molecule has 10 heavy (non-hydrogen) atoms. The third-order valence-corrected chi connectivity index (χ3v) is 2.14. The van der Waals surface area contributed by atoms with E-state index in [9.17, 15) is 4.79 Å². The molecule has 0 aromatic rings. The molecule has 0 saturated carbocycles. The van der Waals surface area contributed by atoms with Crippen LogP contribution in [0.5, 0.6) is 0 Å². The number of rotatable bonds is 0. The maximum absolute atomic E-state index is 11.0. The highest BCUT2D eigenvalue weighted by Crippen LogP contribution is 2.41. The highest BCUT2D eigenvalue weighted by atomic mass is 16.7. The van der Waals surface area contributed by atoms with Gasteiger partial charge in [-0.25, -0.2) is 0 Å². The van der Waals surface area contributed by atoms with Crippen molar-refractivity contribution in [3.05, 3.63) is 12.2 Å². The quantitative estimate of drug-likeness (QED) is 0.430. The molecular weight excluding hydrogens is 132 g/mol. The summed E-state index contributed by atoms with van der Waals surface area (Å²) in [5.74, 6) is 0.0980. The summed E-state index contributed by atoms with van der Waals surface area (Å²) >= 11 is 0. The SMILES string of the molecule is O=C1C=C[C@@H]2O[C@@H]2[C@@H]2O[C@H]12. The van der Waals surface area contributed by atoms with Gasteiger partial charge in [0.15, 0.2) is 5.78 Å². The summed E-state index contributed by atoms with van der Waals surface area (Å²) in [6, 6.07) is 0. The molecule has 1 aliphatic carbocycles. The Hall–Kier alpha value is -0.670. The van der Waals surface area contributed by atoms with Gasteiger partial charge in [0, 0.05) is 0 Å². The van der Waals surface area contributed by atoms with Gasteiger partial charge in [0.1, 0.15) is 24.4 Å². The summed E-state index contributed by atoms with van der Waals surface area (Å²) in [5, 5.41) is 0. The van der Waals surface area contributed by atoms with Crippen molar-refractivity contribution in [2.45, 2.75) is 24.4 Å². The lowest BCUT2D eigenvalue weighted by atomic mass is 10.2. The van der Waals surface area contributed by atoms with E-state index in [1.165, 1.54) is 0 Å². The Morgan fingerprint density at radius 1 is 1.30 bits per heavy atom. The predicted octanol–water partition coefficient (Wildman–Crippen LogP) is -0.340. The van der Waals surface area contributed by atoms with Crippen LogP contribution in [0.4, 0.5) is 0 Å². The summed E-state index contributed by atoms with van der Waals surface area (Å²) in [4.78, 5) is 11.0. The standard InChI is InChI=1S/C7H6O3/c8-3-1-2-4-6(9-4)7-5(3)10-7/h1-2,4-7H/t4-,5+,6-,7+/m0/s1. The largest absolute Gasteiger partial charge is 0.362 e. The van der Waals surface area contributed by atoms with Crippen molar-refractivity contribution in [1.29, 1.82) is 0 Å². The summed E-state index contributed by atoms with van der Waals surface area (Å²) in [6.45, 7) is 0. The molecule has 3 rings (SSSR count). The molecule has 3 aliphatic rings. The van der Waals surface area contributed by atoms with E-state index < -0.39 is 0 Å². The Morgan fingerprint density at radius 3 is 3.10 bits per heavy atom. The minimum absolute atomic E-state index is 0.0764. The van der Waals surface area contributed by atoms with E-state index in [0.29, 0.717) is 0 Å². The van der Waals surface area contributed by atoms with Crippen LogP contribution in [-0.2, 0) is 14.3 Å². The van der Waals surface area contributed by atoms with Gasteiger partial charge in [-0.1, -0.05) is 0 Å². The van der Waals surface area contributed by atoms with Crippen LogP contribution in [0.3, 0.4) is 0 Å². The first-order valence-corrected chi connectivity index (χ1v) is 3.39. The molecule has 0 amide bonds. The van der Waals surface area contributed by atoms with Crippen molar-refractivity contribution < 1.29 is 14.3 Å². The maximum Gasteiger partial charge on any atom is 0.186 e. The summed E-state index contributed by atoms with van der Waals surface area (Å²) in [7, 11) is 0. The fourth-order valence-electron chi connectivity index (χ4n) is 1.44. The van der Waals surface area contributed by atoms with Gasteiger partial charge >= 0.3 is 0 Å². The smallest absolute Gasteiger partial charge is 0.186 e. The average Bonchev–Trinajstić information content (AvgIpc) is 2.71. The number of carbonyl (C=O) groups excluding carboxylic acids is 1. The van der Waals surface area contributed by atoms with Gasteiger partial charge in [0.2, 0.25) is 0 Å². The molecule has 0 unspecified atom stereocenters. The van der Waals surface area contributed by atoms with Crippen LogP contribution in [0.25, 0.3) is 0 Å². The topological polar surface area (TPSA) is 42.1 Å². The zero-order chi connectivity index (χ0) is 6.72. The van der Waals surface area contributed by atoms with Crippen LogP contribution in [0, 0.1) is 0 Å². The number of ether oxygens (including phenoxy) is 2. The molecule has 0 spiro atoms. The third kappa shape index (κ3) is 0.496. The molecule has 2 heterocycles. The van der Waals surface area contributed by atoms with Crippen molar-refractivity contribution in [3.63, 3.8) is 0 Å². The molecule has 52 valence electrons. The van der Waals surface area contributed by atoms with E-state index >= 15 is 0 Å².